The number of nitrogens with zero attached hydrogens (tertiary/aromatic N) is 1. The number of allylic oxidation sites excluding steroid dienone is 3. The van der Waals surface area contributed by atoms with Crippen LogP contribution in [-0.2, 0) is 0 Å². The van der Waals surface area contributed by atoms with Crippen LogP contribution in [0.15, 0.2) is 54.6 Å². The number of hydrogen-bond acceptors (Lipinski definition) is 1. The summed E-state index contributed by atoms with van der Waals surface area (Å²) in [5.41, 5.74) is 1.99. The Labute approximate surface area is 87.4 Å². The standard InChI is InChI=1S/C10H16N2.C2H4/c1-6-9(8(2)3)7-10(11-4)12-5;1-2/h6-7H,1-2H2,3-5H3,(H,11,12);1-2H2/b9-7-;. The maximum absolute atomic E-state index is 4.02. The van der Waals surface area contributed by atoms with Crippen LogP contribution in [0, 0.1) is 0 Å². The zero-order valence-corrected chi connectivity index (χ0v) is 9.43. The fourth-order valence-corrected chi connectivity index (χ4v) is 0.752. The van der Waals surface area contributed by atoms with Gasteiger partial charge in [-0.25, -0.2) is 0 Å². The number of rotatable bonds is 3. The third-order valence-electron chi connectivity index (χ3n) is 1.50. The Morgan fingerprint density at radius 3 is 2.07 bits per heavy atom. The Kier molecular flexibility index (Phi) is 10.1. The molecule has 1 N–H and O–H groups in total. The predicted octanol–water partition coefficient (Wildman–Crippen LogP) is 2.72. The van der Waals surface area contributed by atoms with Crippen molar-refractivity contribution < 1.29 is 0 Å². The summed E-state index contributed by atoms with van der Waals surface area (Å²) in [4.78, 5) is 4.02. The van der Waals surface area contributed by atoms with Crippen LogP contribution in [0.5, 0.6) is 0 Å². The first-order valence-electron chi connectivity index (χ1n) is 4.30. The Bertz CT molecular complexity index is 247. The van der Waals surface area contributed by atoms with Gasteiger partial charge in [-0.2, -0.15) is 0 Å². The smallest absolute Gasteiger partial charge is 0.120 e. The highest BCUT2D eigenvalue weighted by Crippen LogP contribution is 2.06. The fourth-order valence-electron chi connectivity index (χ4n) is 0.752. The molecule has 0 aliphatic rings. The highest BCUT2D eigenvalue weighted by molar-refractivity contribution is 5.94. The van der Waals surface area contributed by atoms with Crippen LogP contribution in [-0.4, -0.2) is 19.9 Å². The summed E-state index contributed by atoms with van der Waals surface area (Å²) in [6, 6.07) is 0. The van der Waals surface area contributed by atoms with Crippen molar-refractivity contribution in [1.82, 2.24) is 5.32 Å². The summed E-state index contributed by atoms with van der Waals surface area (Å²) in [6.07, 6.45) is 3.68. The Morgan fingerprint density at radius 2 is 1.86 bits per heavy atom. The highest BCUT2D eigenvalue weighted by atomic mass is 14.9. The molecule has 0 aliphatic carbocycles. The number of nitrogens with one attached hydrogen (secondary N) is 1. The second kappa shape index (κ2) is 9.52. The first-order chi connectivity index (χ1) is 6.65. The summed E-state index contributed by atoms with van der Waals surface area (Å²) in [6.45, 7) is 15.5. The molecule has 0 rings (SSSR count). The lowest BCUT2D eigenvalue weighted by Crippen LogP contribution is -2.15. The molecule has 2 heteroatoms. The zero-order chi connectivity index (χ0) is 11.6. The van der Waals surface area contributed by atoms with Crippen molar-refractivity contribution in [2.45, 2.75) is 6.92 Å². The maximum atomic E-state index is 4.02. The molecule has 2 nitrogen and oxygen atoms in total. The van der Waals surface area contributed by atoms with Gasteiger partial charge in [0.25, 0.3) is 0 Å². The van der Waals surface area contributed by atoms with Crippen molar-refractivity contribution in [1.29, 1.82) is 0 Å². The summed E-state index contributed by atoms with van der Waals surface area (Å²) >= 11 is 0. The van der Waals surface area contributed by atoms with Crippen molar-refractivity contribution in [2.24, 2.45) is 4.99 Å². The first kappa shape index (κ1) is 14.9. The monoisotopic (exact) mass is 192 g/mol. The van der Waals surface area contributed by atoms with E-state index in [4.69, 9.17) is 0 Å². The Balaban J connectivity index is 0. The molecule has 0 aromatic rings. The first-order valence-corrected chi connectivity index (χ1v) is 4.30. The molecule has 0 fully saturated rings. The van der Waals surface area contributed by atoms with E-state index in [1.54, 1.807) is 13.1 Å². The van der Waals surface area contributed by atoms with Gasteiger partial charge >= 0.3 is 0 Å². The van der Waals surface area contributed by atoms with Gasteiger partial charge in [-0.1, -0.05) is 24.8 Å². The van der Waals surface area contributed by atoms with Gasteiger partial charge in [0, 0.05) is 14.1 Å². The third-order valence-corrected chi connectivity index (χ3v) is 1.50. The maximum Gasteiger partial charge on any atom is 0.120 e. The van der Waals surface area contributed by atoms with Crippen LogP contribution in [0.3, 0.4) is 0 Å². The predicted molar refractivity (Wildman–Crippen MR) is 66.8 cm³/mol. The molecule has 0 saturated carbocycles. The van der Waals surface area contributed by atoms with E-state index in [1.807, 2.05) is 20.0 Å². The minimum absolute atomic E-state index is 0.827. The van der Waals surface area contributed by atoms with Gasteiger partial charge in [-0.15, -0.1) is 13.2 Å². The molecule has 14 heavy (non-hydrogen) atoms. The molecule has 0 heterocycles. The molecule has 0 radical (unpaired) electrons. The van der Waals surface area contributed by atoms with Crippen molar-refractivity contribution in [2.75, 3.05) is 14.1 Å². The van der Waals surface area contributed by atoms with Crippen LogP contribution in [0.4, 0.5) is 0 Å². The molecule has 78 valence electrons. The summed E-state index contributed by atoms with van der Waals surface area (Å²) in [5.74, 6) is 0.827. The number of amidine groups is 1. The fraction of sp³-hybridized carbons (Fsp3) is 0.250. The molecule has 0 aromatic heterocycles. The summed E-state index contributed by atoms with van der Waals surface area (Å²) in [7, 11) is 3.57. The Morgan fingerprint density at radius 1 is 1.36 bits per heavy atom. The normalized spacial score (nSPS) is 11.1. The van der Waals surface area contributed by atoms with E-state index in [1.165, 1.54) is 0 Å². The van der Waals surface area contributed by atoms with Crippen molar-refractivity contribution in [3.8, 4) is 0 Å². The van der Waals surface area contributed by atoms with E-state index in [2.05, 4.69) is 36.6 Å². The molecular formula is C12H20N2. The van der Waals surface area contributed by atoms with Crippen LogP contribution in [0.2, 0.25) is 0 Å². The molecule has 0 unspecified atom stereocenters. The SMILES string of the molecule is C=C.C=C/C(=C/C(=NC)NC)C(=C)C. The zero-order valence-electron chi connectivity index (χ0n) is 9.43. The number of likely N-dealkylation sites (N-methyl/N-ethyl adjacent to an activating group) is 1. The van der Waals surface area contributed by atoms with E-state index >= 15 is 0 Å². The molecular weight excluding hydrogens is 172 g/mol. The lowest BCUT2D eigenvalue weighted by molar-refractivity contribution is 1.16. The van der Waals surface area contributed by atoms with Gasteiger partial charge in [-0.3, -0.25) is 4.99 Å². The Hall–Kier alpha value is -1.57. The van der Waals surface area contributed by atoms with Gasteiger partial charge in [-0.05, 0) is 18.6 Å². The third kappa shape index (κ3) is 6.00. The minimum atomic E-state index is 0.827. The van der Waals surface area contributed by atoms with Gasteiger partial charge in [0.15, 0.2) is 0 Å². The number of hydrogen-bond donors (Lipinski definition) is 1. The van der Waals surface area contributed by atoms with Crippen molar-refractivity contribution >= 4 is 5.84 Å². The summed E-state index contributed by atoms with van der Waals surface area (Å²) < 4.78 is 0. The number of aliphatic imine (C=N–C) groups is 1. The molecule has 0 bridgehead atoms. The lowest BCUT2D eigenvalue weighted by Gasteiger charge is -2.02. The second-order valence-corrected chi connectivity index (χ2v) is 2.44. The van der Waals surface area contributed by atoms with Crippen LogP contribution >= 0.6 is 0 Å². The molecule has 0 atom stereocenters. The van der Waals surface area contributed by atoms with Crippen LogP contribution in [0.1, 0.15) is 6.92 Å². The molecule has 0 aliphatic heterocycles. The van der Waals surface area contributed by atoms with Gasteiger partial charge in [0.2, 0.25) is 0 Å². The van der Waals surface area contributed by atoms with Crippen molar-refractivity contribution in [3.05, 3.63) is 49.6 Å². The highest BCUT2D eigenvalue weighted by Gasteiger charge is 1.94. The molecule has 0 saturated heterocycles. The molecule has 0 amide bonds. The lowest BCUT2D eigenvalue weighted by atomic mass is 10.1. The van der Waals surface area contributed by atoms with E-state index in [0.29, 0.717) is 0 Å². The van der Waals surface area contributed by atoms with E-state index in [-0.39, 0.29) is 0 Å². The van der Waals surface area contributed by atoms with E-state index in [0.717, 1.165) is 17.0 Å². The van der Waals surface area contributed by atoms with Crippen LogP contribution in [0.25, 0.3) is 0 Å². The second-order valence-electron chi connectivity index (χ2n) is 2.44. The van der Waals surface area contributed by atoms with E-state index < -0.39 is 0 Å². The topological polar surface area (TPSA) is 24.4 Å². The molecule has 0 aromatic carbocycles. The van der Waals surface area contributed by atoms with Crippen LogP contribution < -0.4 is 5.32 Å². The minimum Gasteiger partial charge on any atom is -0.373 e. The quantitative estimate of drug-likeness (QED) is 0.316. The van der Waals surface area contributed by atoms with Gasteiger partial charge in [0.1, 0.15) is 5.84 Å². The average molecular weight is 192 g/mol. The largest absolute Gasteiger partial charge is 0.373 e. The van der Waals surface area contributed by atoms with Crippen molar-refractivity contribution in [3.63, 3.8) is 0 Å². The van der Waals surface area contributed by atoms with E-state index in [9.17, 15) is 0 Å². The average Bonchev–Trinajstić information content (AvgIpc) is 2.22. The molecule has 0 spiro atoms. The van der Waals surface area contributed by atoms with Gasteiger partial charge < -0.3 is 5.32 Å². The summed E-state index contributed by atoms with van der Waals surface area (Å²) in [5, 5.41) is 2.96. The van der Waals surface area contributed by atoms with Gasteiger partial charge in [0.05, 0.1) is 0 Å².